The van der Waals surface area contributed by atoms with E-state index in [0.29, 0.717) is 23.6 Å². The first kappa shape index (κ1) is 72.6. The molecule has 0 radical (unpaired) electrons. The molecule has 5 aliphatic rings. The van der Waals surface area contributed by atoms with Crippen LogP contribution in [0.25, 0.3) is 201 Å². The number of pyridine rings is 5. The van der Waals surface area contributed by atoms with Gasteiger partial charge in [-0.15, -0.1) is 0 Å². The maximum atomic E-state index is 8.25. The number of rotatable bonds is 6. The van der Waals surface area contributed by atoms with E-state index < -0.39 is 6.98 Å². The molecule has 15 aromatic heterocycles. The summed E-state index contributed by atoms with van der Waals surface area (Å²) in [7, 11) is 2.11. The van der Waals surface area contributed by atoms with Gasteiger partial charge in [0.1, 0.15) is 77.3 Å². The van der Waals surface area contributed by atoms with Crippen molar-refractivity contribution in [1.29, 1.82) is 0 Å². The van der Waals surface area contributed by atoms with E-state index in [1.165, 1.54) is 132 Å². The van der Waals surface area contributed by atoms with Crippen LogP contribution in [0, 0.1) is 0 Å². The van der Waals surface area contributed by atoms with Crippen LogP contribution in [0.2, 0.25) is 0 Å². The zero-order valence-electron chi connectivity index (χ0n) is 74.9. The summed E-state index contributed by atoms with van der Waals surface area (Å²) in [6.45, 7) is 1.89. The monoisotopic (exact) mass is 1740 g/mol. The number of nitrogens with zero attached hydrogens (tertiary/aromatic N) is 18. The normalized spacial score (nSPS) is 13.0. The van der Waals surface area contributed by atoms with Crippen molar-refractivity contribution in [3.05, 3.63) is 423 Å². The fraction of sp³-hybridized carbons (Fsp3) is 0.0619. The molecule has 0 atom stereocenters. The van der Waals surface area contributed by atoms with Gasteiger partial charge in [-0.2, -0.15) is 22.8 Å². The van der Waals surface area contributed by atoms with Crippen molar-refractivity contribution in [2.45, 2.75) is 32.7 Å². The number of furan rings is 1. The Morgan fingerprint density at radius 1 is 0.263 bits per heavy atom. The minimum Gasteiger partial charge on any atom is -0.400 e. The van der Waals surface area contributed by atoms with Gasteiger partial charge in [0.15, 0.2) is 11.2 Å². The summed E-state index contributed by atoms with van der Waals surface area (Å²) < 4.78 is 60.2. The third-order valence-corrected chi connectivity index (χ3v) is 27.9. The number of aryl methyl sites for hydroxylation is 2. The Bertz CT molecular complexity index is 9140. The maximum absolute atomic E-state index is 8.25. The Labute approximate surface area is 769 Å². The molecule has 26 aromatic rings. The summed E-state index contributed by atoms with van der Waals surface area (Å²) in [5.74, 6) is 5.91. The van der Waals surface area contributed by atoms with Crippen molar-refractivity contribution in [2.24, 2.45) is 14.0 Å². The molecule has 133 heavy (non-hydrogen) atoms. The molecule has 0 fully saturated rings. The SMILES string of the molecule is Cn1c2ncccc2c2c1n(-c1ccccc1)c1[n+]2Cc2ccccc2-1.[2H]C([2H])([2H])n1c2ncccc2c2c1n(-c1ccccc1)c1[n+]2Cc2ccccc2-1.c1ccc(-n2c3[n+](c4c5cccnc5n(-c5ccccc5)c42)Cc2ccccc2-3)cc1.c1ccc(-n2c3[n+](c4c5cccnc5oc42)Cc2ccccc2-3)cc1.c1ccc(-n2c3[n+](c4c5cccnc5sc42)Cc2ccccc2-3)cc1. The first-order chi connectivity index (χ1) is 67.1. The molecule has 5 aliphatic heterocycles. The van der Waals surface area contributed by atoms with Crippen LogP contribution in [0.3, 0.4) is 0 Å². The molecule has 20 heterocycles. The second kappa shape index (κ2) is 30.1. The van der Waals surface area contributed by atoms with Crippen LogP contribution in [0.4, 0.5) is 0 Å². The molecular formula is C113H81N18OS+5. The standard InChI is InChI=1S/C27H19N4.2C22H17N4.C21H14N3O.C21H14N3S/c1-3-11-20(12-4-1)30-25-23(16-9-17-28-25)24-27(30)31(21-13-5-2-6-14-21)26-22-15-8-7-10-19(22)18-29(24)26;2*1-24-20-18(12-7-13-23-20)19-22(24)26(16-9-3-2-4-10-16)21-17-11-6-5-8-15(17)14-25(19)21;2*1-2-8-15(9-3-1)24-20-16-10-5-4-7-14(16)13-23(20)18-17-11-6-12-22-19(17)25-21(18)24/h1-17H,18H2;2*2-13H,14H2,1H3;2*1-12H,13H2/q5*+1/i;1D3;;;. The van der Waals surface area contributed by atoms with Gasteiger partial charge < -0.3 is 4.42 Å². The second-order valence-corrected chi connectivity index (χ2v) is 35.1. The van der Waals surface area contributed by atoms with Gasteiger partial charge >= 0.3 is 5.71 Å². The molecule has 0 unspecified atom stereocenters. The average molecular weight is 1740 g/mol. The highest BCUT2D eigenvalue weighted by atomic mass is 32.1. The van der Waals surface area contributed by atoms with Crippen LogP contribution in [0.15, 0.2) is 399 Å². The maximum Gasteiger partial charge on any atom is 0.346 e. The number of hydrogen-bond donors (Lipinski definition) is 0. The molecule has 0 aliphatic carbocycles. The smallest absolute Gasteiger partial charge is 0.346 e. The van der Waals surface area contributed by atoms with Crippen LogP contribution < -0.4 is 22.8 Å². The van der Waals surface area contributed by atoms with Gasteiger partial charge in [0, 0.05) is 76.9 Å². The minimum absolute atomic E-state index is 0.480. The lowest BCUT2D eigenvalue weighted by Crippen LogP contribution is -2.31. The highest BCUT2D eigenvalue weighted by molar-refractivity contribution is 7.25. The molecule has 31 rings (SSSR count). The molecular weight excluding hydrogens is 1660 g/mol. The quantitative estimate of drug-likeness (QED) is 0.152. The zero-order chi connectivity index (χ0) is 90.1. The van der Waals surface area contributed by atoms with Crippen LogP contribution in [-0.4, -0.2) is 61.5 Å². The molecule has 19 nitrogen and oxygen atoms in total. The molecule has 0 amide bonds. The van der Waals surface area contributed by atoms with E-state index in [-0.39, 0.29) is 0 Å². The van der Waals surface area contributed by atoms with Crippen LogP contribution in [0.1, 0.15) is 31.9 Å². The van der Waals surface area contributed by atoms with Crippen LogP contribution in [0.5, 0.6) is 0 Å². The van der Waals surface area contributed by atoms with Crippen molar-refractivity contribution in [1.82, 2.24) is 61.5 Å². The van der Waals surface area contributed by atoms with Gasteiger partial charge in [-0.25, -0.2) is 47.8 Å². The number of para-hydroxylation sites is 6. The molecule has 0 saturated carbocycles. The molecule has 0 saturated heterocycles. The van der Waals surface area contributed by atoms with Crippen molar-refractivity contribution in [2.75, 3.05) is 0 Å². The lowest BCUT2D eigenvalue weighted by atomic mass is 10.1. The Balaban J connectivity index is 0.0000000864. The van der Waals surface area contributed by atoms with E-state index in [0.717, 1.165) is 110 Å². The van der Waals surface area contributed by atoms with E-state index in [1.54, 1.807) is 23.7 Å². The highest BCUT2D eigenvalue weighted by Gasteiger charge is 2.45. The summed E-state index contributed by atoms with van der Waals surface area (Å²) in [6.07, 6.45) is 9.05. The third kappa shape index (κ3) is 11.4. The molecule has 630 valence electrons. The average Bonchev–Trinajstić information content (AvgIpc) is 1.55. The first-order valence-electron chi connectivity index (χ1n) is 46.3. The number of hydrogen-bond acceptors (Lipinski definition) is 7. The molecule has 11 aromatic carbocycles. The summed E-state index contributed by atoms with van der Waals surface area (Å²) in [5, 5.41) is 5.52. The molecule has 0 spiro atoms. The number of aromatic nitrogens is 18. The van der Waals surface area contributed by atoms with Gasteiger partial charge in [0.2, 0.25) is 32.6 Å². The molecule has 0 N–H and O–H groups in total. The third-order valence-electron chi connectivity index (χ3n) is 26.8. The van der Waals surface area contributed by atoms with Crippen LogP contribution in [-0.2, 0) is 46.7 Å². The largest absolute Gasteiger partial charge is 0.400 e. The first-order valence-corrected chi connectivity index (χ1v) is 45.6. The van der Waals surface area contributed by atoms with Gasteiger partial charge in [-0.05, 0) is 164 Å². The molecule has 20 heteroatoms. The predicted octanol–water partition coefficient (Wildman–Crippen LogP) is 21.6. The Hall–Kier alpha value is -17.4. The van der Waals surface area contributed by atoms with Crippen molar-refractivity contribution in [3.63, 3.8) is 0 Å². The van der Waals surface area contributed by atoms with Gasteiger partial charge in [-0.3, -0.25) is 13.7 Å². The van der Waals surface area contributed by atoms with E-state index in [9.17, 15) is 0 Å². The van der Waals surface area contributed by atoms with Crippen molar-refractivity contribution in [3.8, 4) is 91.1 Å². The van der Waals surface area contributed by atoms with Crippen molar-refractivity contribution < 1.29 is 31.4 Å². The van der Waals surface area contributed by atoms with Gasteiger partial charge in [-0.1, -0.05) is 212 Å². The van der Waals surface area contributed by atoms with Gasteiger partial charge in [0.25, 0.3) is 46.1 Å². The van der Waals surface area contributed by atoms with E-state index in [1.807, 2.05) is 104 Å². The number of imidazole rings is 5. The second-order valence-electron chi connectivity index (χ2n) is 34.1. The Kier molecular flexibility index (Phi) is 16.5. The fourth-order valence-electron chi connectivity index (χ4n) is 21.4. The van der Waals surface area contributed by atoms with Crippen molar-refractivity contribution >= 4 is 121 Å². The summed E-state index contributed by atoms with van der Waals surface area (Å²) in [4.78, 5) is 25.3. The number of thiophene rings is 1. The lowest BCUT2D eigenvalue weighted by molar-refractivity contribution is -0.645. The van der Waals surface area contributed by atoms with Crippen LogP contribution >= 0.6 is 11.3 Å². The van der Waals surface area contributed by atoms with E-state index in [2.05, 4.69) is 361 Å². The minimum atomic E-state index is -2.35. The zero-order valence-corrected chi connectivity index (χ0v) is 72.7. The predicted molar refractivity (Wildman–Crippen MR) is 524 cm³/mol. The van der Waals surface area contributed by atoms with Gasteiger partial charge in [0.05, 0.1) is 60.4 Å². The molecule has 0 bridgehead atoms. The summed E-state index contributed by atoms with van der Waals surface area (Å²) in [6, 6.07) is 126. The van der Waals surface area contributed by atoms with E-state index in [4.69, 9.17) is 13.5 Å². The highest BCUT2D eigenvalue weighted by Crippen LogP contribution is 2.46. The summed E-state index contributed by atoms with van der Waals surface area (Å²) in [5.41, 5.74) is 32.4. The topological polar surface area (TPSA) is 136 Å². The Morgan fingerprint density at radius 3 is 1.00 bits per heavy atom. The fourth-order valence-corrected chi connectivity index (χ4v) is 22.6. The summed E-state index contributed by atoms with van der Waals surface area (Å²) >= 11 is 1.77. The number of fused-ring (bicyclic) bond motifs is 35. The van der Waals surface area contributed by atoms with E-state index >= 15 is 0 Å². The number of benzene rings is 11. The lowest BCUT2D eigenvalue weighted by Gasteiger charge is -2.07. The Morgan fingerprint density at radius 2 is 0.564 bits per heavy atom.